The molecule has 0 spiro atoms. The van der Waals surface area contributed by atoms with E-state index in [1.54, 1.807) is 7.11 Å². The number of rotatable bonds is 2. The smallest absolute Gasteiger partial charge is 0.143 e. The zero-order valence-electron chi connectivity index (χ0n) is 8.75. The van der Waals surface area contributed by atoms with E-state index in [1.807, 2.05) is 6.08 Å². The second-order valence-electron chi connectivity index (χ2n) is 5.22. The van der Waals surface area contributed by atoms with Gasteiger partial charge in [-0.2, -0.15) is 0 Å². The second kappa shape index (κ2) is 2.13. The Balaban J connectivity index is 2.12. The quantitative estimate of drug-likeness (QED) is 0.624. The van der Waals surface area contributed by atoms with Gasteiger partial charge in [0.1, 0.15) is 5.78 Å². The lowest BCUT2D eigenvalue weighted by atomic mass is 9.68. The minimum absolute atomic E-state index is 0.0989. The lowest BCUT2D eigenvalue weighted by Gasteiger charge is -2.41. The first-order chi connectivity index (χ1) is 6.62. The van der Waals surface area contributed by atoms with Crippen LogP contribution in [0.1, 0.15) is 19.8 Å². The molecule has 4 aliphatic rings. The fourth-order valence-electron chi connectivity index (χ4n) is 4.24. The molecule has 0 heterocycles. The summed E-state index contributed by atoms with van der Waals surface area (Å²) in [4.78, 5) is 12.0. The van der Waals surface area contributed by atoms with Crippen molar-refractivity contribution in [3.63, 3.8) is 0 Å². The van der Waals surface area contributed by atoms with Crippen LogP contribution in [0.15, 0.2) is 12.7 Å². The van der Waals surface area contributed by atoms with E-state index in [1.165, 1.54) is 6.42 Å². The van der Waals surface area contributed by atoms with Crippen LogP contribution in [0.2, 0.25) is 0 Å². The molecule has 5 atom stereocenters. The molecule has 0 radical (unpaired) electrons. The number of ketones is 1. The van der Waals surface area contributed by atoms with Crippen molar-refractivity contribution >= 4 is 5.78 Å². The van der Waals surface area contributed by atoms with E-state index in [0.29, 0.717) is 11.7 Å². The van der Waals surface area contributed by atoms with Crippen molar-refractivity contribution in [1.29, 1.82) is 0 Å². The van der Waals surface area contributed by atoms with Crippen molar-refractivity contribution in [2.24, 2.45) is 23.2 Å². The number of hydrogen-bond acceptors (Lipinski definition) is 2. The molecule has 0 amide bonds. The van der Waals surface area contributed by atoms with Gasteiger partial charge in [0.2, 0.25) is 0 Å². The van der Waals surface area contributed by atoms with Gasteiger partial charge in [-0.3, -0.25) is 4.79 Å². The summed E-state index contributed by atoms with van der Waals surface area (Å²) < 4.78 is 5.63. The Morgan fingerprint density at radius 2 is 2.36 bits per heavy atom. The van der Waals surface area contributed by atoms with E-state index < -0.39 is 0 Å². The van der Waals surface area contributed by atoms with E-state index >= 15 is 0 Å². The van der Waals surface area contributed by atoms with Crippen LogP contribution in [0.4, 0.5) is 0 Å². The fourth-order valence-corrected chi connectivity index (χ4v) is 4.24. The van der Waals surface area contributed by atoms with Gasteiger partial charge in [-0.15, -0.1) is 6.58 Å². The lowest BCUT2D eigenvalue weighted by molar-refractivity contribution is -0.135. The molecule has 4 bridgehead atoms. The molecule has 0 N–H and O–H groups in total. The molecule has 4 rings (SSSR count). The number of Topliss-reactive ketones (excluding diaryl/α,β-unsaturated/α-hetero) is 1. The molecule has 0 unspecified atom stereocenters. The number of carbonyl (C=O) groups excluding carboxylic acids is 1. The van der Waals surface area contributed by atoms with Gasteiger partial charge in [-0.05, 0) is 18.3 Å². The van der Waals surface area contributed by atoms with E-state index in [9.17, 15) is 4.79 Å². The maximum absolute atomic E-state index is 12.0. The number of methoxy groups -OCH3 is 1. The van der Waals surface area contributed by atoms with Crippen LogP contribution in [0.3, 0.4) is 0 Å². The van der Waals surface area contributed by atoms with Crippen LogP contribution >= 0.6 is 0 Å². The molecule has 0 aromatic carbocycles. The van der Waals surface area contributed by atoms with Crippen molar-refractivity contribution in [2.75, 3.05) is 7.11 Å². The number of fused-ring (bicyclic) bond motifs is 1. The summed E-state index contributed by atoms with van der Waals surface area (Å²) in [5.74, 6) is 1.23. The topological polar surface area (TPSA) is 26.3 Å². The van der Waals surface area contributed by atoms with Gasteiger partial charge in [-0.25, -0.2) is 0 Å². The van der Waals surface area contributed by atoms with Gasteiger partial charge in [-0.1, -0.05) is 13.0 Å². The largest absolute Gasteiger partial charge is 0.373 e. The van der Waals surface area contributed by atoms with Gasteiger partial charge in [0.15, 0.2) is 0 Å². The van der Waals surface area contributed by atoms with Crippen LogP contribution in [0.25, 0.3) is 0 Å². The maximum Gasteiger partial charge on any atom is 0.143 e. The SMILES string of the molecule is C=C[C@]1(OC)[C@@H]2[C@@H]3C(=O)[C@@H]1CC[C@]23C. The third-order valence-electron chi connectivity index (χ3n) is 4.97. The number of carbonyl (C=O) groups is 1. The summed E-state index contributed by atoms with van der Waals surface area (Å²) in [6, 6.07) is 0. The highest BCUT2D eigenvalue weighted by molar-refractivity contribution is 5.94. The molecule has 4 fully saturated rings. The van der Waals surface area contributed by atoms with Gasteiger partial charge in [0, 0.05) is 18.9 Å². The minimum Gasteiger partial charge on any atom is -0.373 e. The minimum atomic E-state index is -0.325. The molecule has 4 saturated carbocycles. The summed E-state index contributed by atoms with van der Waals surface area (Å²) in [5, 5.41) is 0. The highest BCUT2D eigenvalue weighted by Gasteiger charge is 2.82. The Kier molecular flexibility index (Phi) is 1.32. The highest BCUT2D eigenvalue weighted by Crippen LogP contribution is 2.77. The summed E-state index contributed by atoms with van der Waals surface area (Å²) in [5.41, 5.74) is -0.0925. The average molecular weight is 192 g/mol. The molecule has 2 heteroatoms. The maximum atomic E-state index is 12.0. The average Bonchev–Trinajstić information content (AvgIpc) is 2.75. The standard InChI is InChI=1S/C12H16O2/c1-4-12(14-3)7-5-6-11(2)8(9(7)13)10(11)12/h4,7-8,10H,1,5-6H2,2-3H3/t7-,8-,10+,11-,12+/m0/s1. The molecule has 76 valence electrons. The Labute approximate surface area is 84.3 Å². The van der Waals surface area contributed by atoms with Crippen LogP contribution in [0.5, 0.6) is 0 Å². The molecule has 2 nitrogen and oxygen atoms in total. The Morgan fingerprint density at radius 3 is 2.71 bits per heavy atom. The normalized spacial score (nSPS) is 58.7. The fraction of sp³-hybridized carbons (Fsp3) is 0.750. The summed E-state index contributed by atoms with van der Waals surface area (Å²) in [6.07, 6.45) is 4.06. The predicted molar refractivity (Wildman–Crippen MR) is 52.8 cm³/mol. The van der Waals surface area contributed by atoms with Gasteiger partial charge >= 0.3 is 0 Å². The lowest BCUT2D eigenvalue weighted by Crippen LogP contribution is -2.46. The molecule has 0 aromatic heterocycles. The number of hydrogen-bond donors (Lipinski definition) is 0. The van der Waals surface area contributed by atoms with Crippen LogP contribution in [0, 0.1) is 23.2 Å². The first-order valence-corrected chi connectivity index (χ1v) is 5.34. The summed E-state index contributed by atoms with van der Waals surface area (Å²) in [7, 11) is 1.72. The van der Waals surface area contributed by atoms with Gasteiger partial charge in [0.25, 0.3) is 0 Å². The predicted octanol–water partition coefficient (Wildman–Crippen LogP) is 1.80. The summed E-state index contributed by atoms with van der Waals surface area (Å²) in [6.45, 7) is 6.10. The Hall–Kier alpha value is -0.630. The van der Waals surface area contributed by atoms with E-state index in [2.05, 4.69) is 13.5 Å². The molecule has 0 aromatic rings. The van der Waals surface area contributed by atoms with E-state index in [-0.39, 0.29) is 22.9 Å². The van der Waals surface area contributed by atoms with Crippen molar-refractivity contribution in [2.45, 2.75) is 25.4 Å². The third-order valence-corrected chi connectivity index (χ3v) is 4.97. The van der Waals surface area contributed by atoms with Crippen LogP contribution in [-0.4, -0.2) is 18.5 Å². The van der Waals surface area contributed by atoms with Crippen LogP contribution in [-0.2, 0) is 9.53 Å². The molecule has 0 saturated heterocycles. The number of ether oxygens (including phenoxy) is 1. The van der Waals surface area contributed by atoms with E-state index in [4.69, 9.17) is 4.74 Å². The van der Waals surface area contributed by atoms with Crippen molar-refractivity contribution in [1.82, 2.24) is 0 Å². The molecular weight excluding hydrogens is 176 g/mol. The summed E-state index contributed by atoms with van der Waals surface area (Å²) >= 11 is 0. The molecule has 4 aliphatic carbocycles. The van der Waals surface area contributed by atoms with Gasteiger partial charge < -0.3 is 4.74 Å². The molecular formula is C12H16O2. The third kappa shape index (κ3) is 0.594. The first kappa shape index (κ1) is 8.66. The molecule has 0 aliphatic heterocycles. The highest BCUT2D eigenvalue weighted by atomic mass is 16.5. The van der Waals surface area contributed by atoms with Crippen molar-refractivity contribution < 1.29 is 9.53 Å². The van der Waals surface area contributed by atoms with Crippen molar-refractivity contribution in [3.8, 4) is 0 Å². The van der Waals surface area contributed by atoms with Crippen molar-refractivity contribution in [3.05, 3.63) is 12.7 Å². The zero-order valence-corrected chi connectivity index (χ0v) is 8.75. The second-order valence-corrected chi connectivity index (χ2v) is 5.22. The van der Waals surface area contributed by atoms with Crippen LogP contribution < -0.4 is 0 Å². The zero-order chi connectivity index (χ0) is 10.1. The van der Waals surface area contributed by atoms with E-state index in [0.717, 1.165) is 6.42 Å². The monoisotopic (exact) mass is 192 g/mol. The Bertz CT molecular complexity index is 335. The molecule has 14 heavy (non-hydrogen) atoms. The first-order valence-electron chi connectivity index (χ1n) is 5.34. The Morgan fingerprint density at radius 1 is 1.64 bits per heavy atom. The van der Waals surface area contributed by atoms with Gasteiger partial charge in [0.05, 0.1) is 11.5 Å².